The van der Waals surface area contributed by atoms with Gasteiger partial charge in [-0.1, -0.05) is 219 Å². The van der Waals surface area contributed by atoms with Crippen molar-refractivity contribution in [1.82, 2.24) is 0 Å². The van der Waals surface area contributed by atoms with Crippen molar-refractivity contribution in [2.24, 2.45) is 0 Å². The number of hydrogen-bond donors (Lipinski definition) is 0. The van der Waals surface area contributed by atoms with Gasteiger partial charge in [0.25, 0.3) is 0 Å². The molecule has 6 heteroatoms. The summed E-state index contributed by atoms with van der Waals surface area (Å²) in [4.78, 5) is 0. The molecule has 0 amide bonds. The molecule has 0 radical (unpaired) electrons. The summed E-state index contributed by atoms with van der Waals surface area (Å²) < 4.78 is 0. The number of benzene rings is 5. The van der Waals surface area contributed by atoms with Crippen LogP contribution in [0.15, 0.2) is 48.5 Å². The van der Waals surface area contributed by atoms with Crippen LogP contribution in [0.3, 0.4) is 0 Å². The van der Waals surface area contributed by atoms with Crippen LogP contribution in [0.2, 0.25) is 112 Å². The first-order chi connectivity index (χ1) is 28.2. The summed E-state index contributed by atoms with van der Waals surface area (Å²) >= 11 is 0. The lowest BCUT2D eigenvalue weighted by atomic mass is 9.89. The topological polar surface area (TPSA) is 0 Å². The van der Waals surface area contributed by atoms with Crippen LogP contribution >= 0.6 is 0 Å². The fourth-order valence-corrected chi connectivity index (χ4v) is 32.6. The molecule has 0 saturated heterocycles. The van der Waals surface area contributed by atoms with E-state index in [1.54, 1.807) is 20.7 Å². The van der Waals surface area contributed by atoms with Crippen molar-refractivity contribution >= 4 is 112 Å². The van der Waals surface area contributed by atoms with E-state index in [0.29, 0.717) is 33.2 Å². The molecular weight excluding hydrogens is 841 g/mol. The highest BCUT2D eigenvalue weighted by Crippen LogP contribution is 2.44. The quantitative estimate of drug-likeness (QED) is 0.0744. The van der Waals surface area contributed by atoms with E-state index in [-0.39, 0.29) is 0 Å². The number of fused-ring (bicyclic) bond motifs is 4. The Labute approximate surface area is 387 Å². The zero-order chi connectivity index (χ0) is 47.0. The second kappa shape index (κ2) is 17.4. The summed E-state index contributed by atoms with van der Waals surface area (Å²) in [5.74, 6) is 8.33. The first-order valence-electron chi connectivity index (χ1n) is 24.3. The zero-order valence-electron chi connectivity index (χ0n) is 44.1. The van der Waals surface area contributed by atoms with Crippen molar-refractivity contribution in [2.75, 3.05) is 0 Å². The Morgan fingerprint density at radius 3 is 0.613 bits per heavy atom. The molecule has 5 rings (SSSR count). The maximum atomic E-state index is 4.26. The maximum Gasteiger partial charge on any atom is 0.146 e. The Bertz CT molecular complexity index is 2280. The van der Waals surface area contributed by atoms with Crippen LogP contribution in [0.5, 0.6) is 0 Å². The van der Waals surface area contributed by atoms with E-state index in [9.17, 15) is 0 Å². The Kier molecular flexibility index (Phi) is 14.2. The Morgan fingerprint density at radius 2 is 0.468 bits per heavy atom. The highest BCUT2D eigenvalue weighted by molar-refractivity contribution is 6.99. The van der Waals surface area contributed by atoms with Gasteiger partial charge in [0.1, 0.15) is 16.1 Å². The SMILES string of the molecule is CC(C)[Si](C#Cc1c2cc3cc([Si](C)(C)C)c([Si](C)(C)C)cc3cc2c(C#C[Si](C(C)C)(C(C)C)C(C)C)c2cc3cc([Si](C)(C)C)c([Si](C)(C)C)cc3cc12)(C(C)C)C(C)C. The lowest BCUT2D eigenvalue weighted by molar-refractivity contribution is 0.838. The standard InChI is InChI=1S/C56H86Si6/c1-37(2)61(38(3)4,39(5)6)27-25-47-49-29-43-33-53(57(13,14)15)55(59(19,20)21)35-45(43)31-51(49)48(26-28-62(40(7)8,41(9)10)42(11)12)52-32-46-36-56(60(22,23)24)54(58(16,17)18)34-44(46)30-50(47)52/h29-42H,1-24H3. The van der Waals surface area contributed by atoms with Gasteiger partial charge in [-0.25, -0.2) is 0 Å². The molecule has 0 fully saturated rings. The third kappa shape index (κ3) is 9.19. The minimum Gasteiger partial charge on any atom is -0.125 e. The van der Waals surface area contributed by atoms with Crippen LogP contribution in [0.1, 0.15) is 94.2 Å². The van der Waals surface area contributed by atoms with Crippen molar-refractivity contribution in [3.05, 3.63) is 59.7 Å². The second-order valence-corrected chi connectivity index (χ2v) is 56.6. The third-order valence-corrected chi connectivity index (χ3v) is 36.3. The van der Waals surface area contributed by atoms with E-state index in [0.717, 1.165) is 0 Å². The van der Waals surface area contributed by atoms with E-state index in [1.165, 1.54) is 54.2 Å². The minimum atomic E-state index is -2.07. The van der Waals surface area contributed by atoms with Gasteiger partial charge in [-0.3, -0.25) is 0 Å². The second-order valence-electron chi connectivity index (χ2n) is 25.3. The summed E-state index contributed by atoms with van der Waals surface area (Å²) in [6, 6.07) is 20.7. The first kappa shape index (κ1) is 50.6. The molecule has 5 aromatic rings. The lowest BCUT2D eigenvalue weighted by Crippen LogP contribution is -2.56. The van der Waals surface area contributed by atoms with E-state index in [2.05, 4.69) is 233 Å². The Balaban J connectivity index is 2.21. The normalized spacial score (nSPS) is 13.8. The van der Waals surface area contributed by atoms with Gasteiger partial charge in [0.05, 0.1) is 32.3 Å². The molecule has 0 aliphatic rings. The van der Waals surface area contributed by atoms with Crippen LogP contribution in [0.25, 0.3) is 43.1 Å². The van der Waals surface area contributed by atoms with Crippen molar-refractivity contribution in [3.63, 3.8) is 0 Å². The fraction of sp³-hybridized carbons (Fsp3) is 0.536. The minimum absolute atomic E-state index is 0.555. The molecule has 0 nitrogen and oxygen atoms in total. The third-order valence-electron chi connectivity index (χ3n) is 15.1. The molecule has 0 unspecified atom stereocenters. The van der Waals surface area contributed by atoms with Crippen molar-refractivity contribution in [3.8, 4) is 22.9 Å². The molecule has 0 aromatic heterocycles. The predicted molar refractivity (Wildman–Crippen MR) is 304 cm³/mol. The monoisotopic (exact) mass is 927 g/mol. The van der Waals surface area contributed by atoms with Gasteiger partial charge in [-0.05, 0) is 101 Å². The average molecular weight is 928 g/mol. The highest BCUT2D eigenvalue weighted by atomic mass is 28.3. The molecule has 0 saturated carbocycles. The van der Waals surface area contributed by atoms with Crippen LogP contribution in [0.4, 0.5) is 0 Å². The Morgan fingerprint density at radius 1 is 0.290 bits per heavy atom. The molecular formula is C56H86Si6. The maximum absolute atomic E-state index is 4.26. The fourth-order valence-electron chi connectivity index (χ4n) is 11.8. The summed E-state index contributed by atoms with van der Waals surface area (Å²) in [7, 11) is -10.8. The molecule has 62 heavy (non-hydrogen) atoms. The van der Waals surface area contributed by atoms with Gasteiger partial charge in [0.15, 0.2) is 0 Å². The van der Waals surface area contributed by atoms with Crippen LogP contribution in [-0.4, -0.2) is 48.4 Å². The number of rotatable bonds is 10. The average Bonchev–Trinajstić information content (AvgIpc) is 3.10. The summed E-state index contributed by atoms with van der Waals surface area (Å²) in [5.41, 5.74) is 14.3. The van der Waals surface area contributed by atoms with Gasteiger partial charge in [0.2, 0.25) is 0 Å². The van der Waals surface area contributed by atoms with Crippen molar-refractivity contribution in [1.29, 1.82) is 0 Å². The molecule has 334 valence electrons. The van der Waals surface area contributed by atoms with Crippen LogP contribution in [-0.2, 0) is 0 Å². The van der Waals surface area contributed by atoms with Gasteiger partial charge < -0.3 is 0 Å². The summed E-state index contributed by atoms with van der Waals surface area (Å²) in [6.07, 6.45) is 0. The summed E-state index contributed by atoms with van der Waals surface area (Å²) in [5, 5.41) is 17.1. The van der Waals surface area contributed by atoms with Crippen molar-refractivity contribution in [2.45, 2.75) is 195 Å². The molecule has 0 bridgehead atoms. The van der Waals surface area contributed by atoms with Crippen molar-refractivity contribution < 1.29 is 0 Å². The van der Waals surface area contributed by atoms with E-state index in [4.69, 9.17) is 0 Å². The van der Waals surface area contributed by atoms with Gasteiger partial charge in [-0.15, -0.1) is 11.1 Å². The molecule has 0 aliphatic carbocycles. The van der Waals surface area contributed by atoms with Gasteiger partial charge >= 0.3 is 0 Å². The molecule has 0 N–H and O–H groups in total. The molecule has 0 spiro atoms. The number of hydrogen-bond acceptors (Lipinski definition) is 0. The van der Waals surface area contributed by atoms with Crippen LogP contribution < -0.4 is 20.7 Å². The largest absolute Gasteiger partial charge is 0.146 e. The van der Waals surface area contributed by atoms with Gasteiger partial charge in [0, 0.05) is 11.1 Å². The molecule has 0 atom stereocenters. The van der Waals surface area contributed by atoms with E-state index in [1.807, 2.05) is 0 Å². The Hall–Kier alpha value is -2.44. The smallest absolute Gasteiger partial charge is 0.125 e. The van der Waals surface area contributed by atoms with E-state index < -0.39 is 48.4 Å². The predicted octanol–water partition coefficient (Wildman–Crippen LogP) is 15.6. The molecule has 5 aromatic carbocycles. The summed E-state index contributed by atoms with van der Waals surface area (Å²) in [6.45, 7) is 59.8. The molecule has 0 aliphatic heterocycles. The first-order valence-corrected chi connectivity index (χ1v) is 42.7. The lowest BCUT2D eigenvalue weighted by Gasteiger charge is -2.38. The van der Waals surface area contributed by atoms with Crippen LogP contribution in [0, 0.1) is 22.9 Å². The van der Waals surface area contributed by atoms with Gasteiger partial charge in [-0.2, -0.15) is 0 Å². The van der Waals surface area contributed by atoms with E-state index >= 15 is 0 Å². The molecule has 0 heterocycles. The highest BCUT2D eigenvalue weighted by Gasteiger charge is 2.43. The zero-order valence-corrected chi connectivity index (χ0v) is 50.1.